The van der Waals surface area contributed by atoms with Crippen molar-refractivity contribution in [2.24, 2.45) is 0 Å². The van der Waals surface area contributed by atoms with Crippen LogP contribution in [0.4, 0.5) is 11.4 Å². The zero-order chi connectivity index (χ0) is 20.1. The van der Waals surface area contributed by atoms with Crippen molar-refractivity contribution in [2.45, 2.75) is 6.42 Å². The SMILES string of the molecule is CP(=O)(CCCP1N(c2ccccc2)CCN1c1ccccc1)c1ccccc1. The van der Waals surface area contributed by atoms with Crippen molar-refractivity contribution >= 4 is 32.0 Å². The van der Waals surface area contributed by atoms with E-state index in [2.05, 4.69) is 70.0 Å². The molecule has 5 heteroatoms. The monoisotopic (exact) mass is 422 g/mol. The van der Waals surface area contributed by atoms with Crippen LogP contribution >= 0.6 is 15.4 Å². The molecule has 4 rings (SSSR count). The number of nitrogens with zero attached hydrogens (tertiary/aromatic N) is 2. The molecule has 3 nitrogen and oxygen atoms in total. The summed E-state index contributed by atoms with van der Waals surface area (Å²) in [7, 11) is -2.81. The minimum Gasteiger partial charge on any atom is -0.332 e. The van der Waals surface area contributed by atoms with Crippen LogP contribution in [0.3, 0.4) is 0 Å². The van der Waals surface area contributed by atoms with Crippen LogP contribution in [-0.4, -0.2) is 32.1 Å². The number of para-hydroxylation sites is 2. The van der Waals surface area contributed by atoms with Gasteiger partial charge in [0, 0.05) is 42.1 Å². The molecule has 3 aromatic carbocycles. The van der Waals surface area contributed by atoms with Crippen molar-refractivity contribution in [1.29, 1.82) is 0 Å². The van der Waals surface area contributed by atoms with Crippen LogP contribution in [0.1, 0.15) is 6.42 Å². The summed E-state index contributed by atoms with van der Waals surface area (Å²) < 4.78 is 18.4. The molecule has 0 saturated carbocycles. The molecule has 1 atom stereocenters. The van der Waals surface area contributed by atoms with Crippen molar-refractivity contribution in [1.82, 2.24) is 0 Å². The highest BCUT2D eigenvalue weighted by atomic mass is 31.2. The van der Waals surface area contributed by atoms with Gasteiger partial charge in [-0.15, -0.1) is 0 Å². The molecule has 1 saturated heterocycles. The van der Waals surface area contributed by atoms with Crippen LogP contribution in [0.15, 0.2) is 91.0 Å². The third-order valence-electron chi connectivity index (χ3n) is 5.43. The number of benzene rings is 3. The molecule has 150 valence electrons. The van der Waals surface area contributed by atoms with Crippen LogP contribution < -0.4 is 14.6 Å². The van der Waals surface area contributed by atoms with Gasteiger partial charge in [0.1, 0.15) is 7.14 Å². The highest BCUT2D eigenvalue weighted by Gasteiger charge is 2.33. The van der Waals surface area contributed by atoms with Gasteiger partial charge in [-0.05, 0) is 37.4 Å². The molecule has 29 heavy (non-hydrogen) atoms. The largest absolute Gasteiger partial charge is 0.332 e. The standard InChI is InChI=1S/C24H28N2OP2/c1-29(27,24-16-9-4-10-17-24)21-11-20-28-25(22-12-5-2-6-13-22)18-19-26(28)23-14-7-3-8-15-23/h2-10,12-17H,11,18-21H2,1H3. The Labute approximate surface area is 175 Å². The van der Waals surface area contributed by atoms with E-state index in [-0.39, 0.29) is 0 Å². The first-order valence-corrected chi connectivity index (χ1v) is 14.0. The molecule has 0 aromatic heterocycles. The Kier molecular flexibility index (Phi) is 6.38. The summed E-state index contributed by atoms with van der Waals surface area (Å²) in [6.45, 7) is 4.01. The summed E-state index contributed by atoms with van der Waals surface area (Å²) in [5.74, 6) is 0. The molecule has 0 N–H and O–H groups in total. The Hall–Kier alpha value is -2.08. The van der Waals surface area contributed by atoms with Crippen molar-refractivity contribution < 1.29 is 4.57 Å². The average molecular weight is 422 g/mol. The van der Waals surface area contributed by atoms with Gasteiger partial charge in [0.25, 0.3) is 0 Å². The van der Waals surface area contributed by atoms with E-state index in [9.17, 15) is 4.57 Å². The summed E-state index contributed by atoms with van der Waals surface area (Å²) >= 11 is 0. The van der Waals surface area contributed by atoms with E-state index in [4.69, 9.17) is 0 Å². The Balaban J connectivity index is 1.51. The van der Waals surface area contributed by atoms with Gasteiger partial charge in [-0.25, -0.2) is 0 Å². The molecule has 1 aliphatic rings. The maximum absolute atomic E-state index is 13.3. The van der Waals surface area contributed by atoms with Crippen LogP contribution in [0.2, 0.25) is 0 Å². The number of hydrogen-bond acceptors (Lipinski definition) is 3. The Morgan fingerprint density at radius 2 is 1.21 bits per heavy atom. The first kappa shape index (κ1) is 20.2. The molecule has 0 bridgehead atoms. The lowest BCUT2D eigenvalue weighted by molar-refractivity contribution is 0.584. The molecule has 1 fully saturated rings. The van der Waals surface area contributed by atoms with Crippen LogP contribution in [0, 0.1) is 0 Å². The van der Waals surface area contributed by atoms with Crippen LogP contribution in [0.25, 0.3) is 0 Å². The van der Waals surface area contributed by atoms with Crippen molar-refractivity contribution in [3.63, 3.8) is 0 Å². The first-order chi connectivity index (χ1) is 14.1. The zero-order valence-corrected chi connectivity index (χ0v) is 18.7. The lowest BCUT2D eigenvalue weighted by Crippen LogP contribution is -2.18. The van der Waals surface area contributed by atoms with Crippen molar-refractivity contribution in [3.8, 4) is 0 Å². The van der Waals surface area contributed by atoms with Gasteiger partial charge in [-0.1, -0.05) is 66.7 Å². The van der Waals surface area contributed by atoms with E-state index >= 15 is 0 Å². The van der Waals surface area contributed by atoms with E-state index in [0.29, 0.717) is 0 Å². The first-order valence-electron chi connectivity index (χ1n) is 10.2. The maximum atomic E-state index is 13.3. The lowest BCUT2D eigenvalue weighted by atomic mass is 10.3. The van der Waals surface area contributed by atoms with Crippen LogP contribution in [0.5, 0.6) is 0 Å². The highest BCUT2D eigenvalue weighted by Crippen LogP contribution is 2.54. The Morgan fingerprint density at radius 1 is 0.759 bits per heavy atom. The fourth-order valence-corrected chi connectivity index (χ4v) is 8.60. The molecule has 0 spiro atoms. The topological polar surface area (TPSA) is 23.6 Å². The number of anilines is 2. The normalized spacial score (nSPS) is 16.7. The summed E-state index contributed by atoms with van der Waals surface area (Å²) in [5.41, 5.74) is 2.58. The predicted molar refractivity (Wildman–Crippen MR) is 128 cm³/mol. The molecule has 0 radical (unpaired) electrons. The van der Waals surface area contributed by atoms with E-state index < -0.39 is 15.4 Å². The second-order valence-electron chi connectivity index (χ2n) is 7.53. The molecule has 0 aliphatic carbocycles. The minimum absolute atomic E-state index is 0.501. The van der Waals surface area contributed by atoms with E-state index in [1.807, 2.05) is 37.0 Å². The minimum atomic E-state index is -2.31. The summed E-state index contributed by atoms with van der Waals surface area (Å²) in [5, 5.41) is 0.999. The summed E-state index contributed by atoms with van der Waals surface area (Å²) in [6, 6.07) is 31.4. The van der Waals surface area contributed by atoms with Crippen molar-refractivity contribution in [3.05, 3.63) is 91.0 Å². The molecule has 1 aliphatic heterocycles. The van der Waals surface area contributed by atoms with E-state index in [0.717, 1.165) is 37.1 Å². The number of rotatable bonds is 7. The lowest BCUT2D eigenvalue weighted by Gasteiger charge is -2.32. The molecule has 1 heterocycles. The zero-order valence-electron chi connectivity index (χ0n) is 16.9. The van der Waals surface area contributed by atoms with E-state index in [1.54, 1.807) is 0 Å². The average Bonchev–Trinajstić information content (AvgIpc) is 3.19. The second-order valence-corrected chi connectivity index (χ2v) is 12.8. The highest BCUT2D eigenvalue weighted by molar-refractivity contribution is 7.71. The van der Waals surface area contributed by atoms with E-state index in [1.165, 1.54) is 11.4 Å². The van der Waals surface area contributed by atoms with Gasteiger partial charge in [0.05, 0.1) is 8.22 Å². The summed E-state index contributed by atoms with van der Waals surface area (Å²) in [4.78, 5) is 0. The molecule has 3 aromatic rings. The van der Waals surface area contributed by atoms with Gasteiger partial charge in [0.2, 0.25) is 0 Å². The van der Waals surface area contributed by atoms with Gasteiger partial charge < -0.3 is 13.9 Å². The molecular weight excluding hydrogens is 394 g/mol. The fraction of sp³-hybridized carbons (Fsp3) is 0.250. The van der Waals surface area contributed by atoms with Gasteiger partial charge >= 0.3 is 0 Å². The third kappa shape index (κ3) is 4.74. The smallest absolute Gasteiger partial charge is 0.112 e. The maximum Gasteiger partial charge on any atom is 0.112 e. The van der Waals surface area contributed by atoms with Crippen molar-refractivity contribution in [2.75, 3.05) is 41.4 Å². The second kappa shape index (κ2) is 9.16. The number of hydrogen-bond donors (Lipinski definition) is 0. The third-order valence-corrected chi connectivity index (χ3v) is 10.7. The van der Waals surface area contributed by atoms with Gasteiger partial charge in [-0.2, -0.15) is 0 Å². The molecular formula is C24H28N2OP2. The fourth-order valence-electron chi connectivity index (χ4n) is 3.90. The van der Waals surface area contributed by atoms with Crippen LogP contribution in [-0.2, 0) is 4.57 Å². The molecule has 0 amide bonds. The Bertz CT molecular complexity index is 903. The summed E-state index contributed by atoms with van der Waals surface area (Å²) in [6.07, 6.45) is 2.80. The van der Waals surface area contributed by atoms with Gasteiger partial charge in [0.15, 0.2) is 0 Å². The van der Waals surface area contributed by atoms with Gasteiger partial charge in [-0.3, -0.25) is 0 Å². The Morgan fingerprint density at radius 3 is 1.69 bits per heavy atom. The predicted octanol–water partition coefficient (Wildman–Crippen LogP) is 6.03. The molecule has 1 unspecified atom stereocenters. The quantitative estimate of drug-likeness (QED) is 0.434.